The summed E-state index contributed by atoms with van der Waals surface area (Å²) in [6.45, 7) is 1.33. The first-order valence-corrected chi connectivity index (χ1v) is 4.56. The van der Waals surface area contributed by atoms with Crippen LogP contribution in [0.2, 0.25) is 0 Å². The molecule has 0 aliphatic carbocycles. The summed E-state index contributed by atoms with van der Waals surface area (Å²) in [5, 5.41) is 20.1. The lowest BCUT2D eigenvalue weighted by Gasteiger charge is -2.07. The van der Waals surface area contributed by atoms with Gasteiger partial charge in [0.25, 0.3) is 0 Å². The number of hydrogen-bond donors (Lipinski definition) is 1. The number of rotatable bonds is 2. The molecule has 0 fully saturated rings. The Balaban J connectivity index is 3.29. The molecule has 0 aliphatic rings. The van der Waals surface area contributed by atoms with Crippen LogP contribution < -0.4 is 5.32 Å². The van der Waals surface area contributed by atoms with Gasteiger partial charge in [0.2, 0.25) is 5.91 Å². The van der Waals surface area contributed by atoms with Crippen LogP contribution in [0.25, 0.3) is 5.70 Å². The largest absolute Gasteiger partial charge is 0.324 e. The fourth-order valence-corrected chi connectivity index (χ4v) is 1.20. The number of hydrogen-bond acceptors (Lipinski definition) is 3. The molecule has 4 heteroatoms. The number of carbonyl (C=O) groups excluding carboxylic acids is 1. The molecule has 0 spiro atoms. The second-order valence-electron chi connectivity index (χ2n) is 3.02. The predicted molar refractivity (Wildman–Crippen MR) is 58.4 cm³/mol. The minimum atomic E-state index is -0.318. The van der Waals surface area contributed by atoms with Crippen LogP contribution in [0.3, 0.4) is 0 Å². The Bertz CT molecular complexity index is 487. The van der Waals surface area contributed by atoms with E-state index >= 15 is 0 Å². The standard InChI is InChI=1S/C12H9N3O/c1-9(16)15-12(11(7-13)8-14)10-5-3-2-4-6-10/h2-6H,1H3,(H,15,16). The van der Waals surface area contributed by atoms with E-state index in [9.17, 15) is 4.79 Å². The molecule has 0 saturated carbocycles. The lowest BCUT2D eigenvalue weighted by atomic mass is 10.1. The van der Waals surface area contributed by atoms with E-state index < -0.39 is 0 Å². The molecule has 4 nitrogen and oxygen atoms in total. The third kappa shape index (κ3) is 2.70. The fourth-order valence-electron chi connectivity index (χ4n) is 1.20. The highest BCUT2D eigenvalue weighted by atomic mass is 16.1. The van der Waals surface area contributed by atoms with Gasteiger partial charge in [0.1, 0.15) is 12.1 Å². The van der Waals surface area contributed by atoms with E-state index in [2.05, 4.69) is 5.32 Å². The van der Waals surface area contributed by atoms with E-state index in [1.165, 1.54) is 6.92 Å². The molecule has 0 heterocycles. The number of carbonyl (C=O) groups is 1. The summed E-state index contributed by atoms with van der Waals surface area (Å²) in [6.07, 6.45) is 0. The molecule has 0 unspecified atom stereocenters. The maximum absolute atomic E-state index is 11.0. The summed E-state index contributed by atoms with van der Waals surface area (Å²) in [4.78, 5) is 11.0. The number of nitriles is 2. The van der Waals surface area contributed by atoms with E-state index in [0.717, 1.165) is 0 Å². The smallest absolute Gasteiger partial charge is 0.221 e. The minimum absolute atomic E-state index is 0.110. The SMILES string of the molecule is CC(=O)NC(=C(C#N)C#N)c1ccccc1. The van der Waals surface area contributed by atoms with E-state index in [0.29, 0.717) is 5.56 Å². The van der Waals surface area contributed by atoms with Gasteiger partial charge in [-0.2, -0.15) is 10.5 Å². The van der Waals surface area contributed by atoms with Crippen LogP contribution in [0.4, 0.5) is 0 Å². The molecule has 0 atom stereocenters. The van der Waals surface area contributed by atoms with Gasteiger partial charge in [-0.15, -0.1) is 0 Å². The van der Waals surface area contributed by atoms with Crippen molar-refractivity contribution in [3.05, 3.63) is 41.5 Å². The monoisotopic (exact) mass is 211 g/mol. The molecular formula is C12H9N3O. The molecule has 1 aromatic rings. The number of nitrogens with one attached hydrogen (secondary N) is 1. The van der Waals surface area contributed by atoms with Crippen LogP contribution in [0.1, 0.15) is 12.5 Å². The first kappa shape index (κ1) is 11.5. The van der Waals surface area contributed by atoms with Crippen LogP contribution >= 0.6 is 0 Å². The van der Waals surface area contributed by atoms with Gasteiger partial charge in [0.05, 0.1) is 5.70 Å². The third-order valence-electron chi connectivity index (χ3n) is 1.84. The Labute approximate surface area is 93.4 Å². The molecule has 0 aliphatic heterocycles. The number of allylic oxidation sites excluding steroid dienone is 1. The zero-order valence-electron chi connectivity index (χ0n) is 8.69. The number of amides is 1. The molecule has 0 bridgehead atoms. The fraction of sp³-hybridized carbons (Fsp3) is 0.0833. The van der Waals surface area contributed by atoms with Crippen LogP contribution in [0, 0.1) is 22.7 Å². The first-order valence-electron chi connectivity index (χ1n) is 4.56. The van der Waals surface area contributed by atoms with Crippen molar-refractivity contribution in [2.45, 2.75) is 6.92 Å². The van der Waals surface area contributed by atoms with Gasteiger partial charge in [-0.1, -0.05) is 30.3 Å². The van der Waals surface area contributed by atoms with Crippen molar-refractivity contribution in [1.29, 1.82) is 10.5 Å². The molecule has 16 heavy (non-hydrogen) atoms. The Morgan fingerprint density at radius 2 is 1.75 bits per heavy atom. The quantitative estimate of drug-likeness (QED) is 0.754. The Kier molecular flexibility index (Phi) is 3.83. The average Bonchev–Trinajstić information content (AvgIpc) is 2.30. The van der Waals surface area contributed by atoms with E-state index in [1.807, 2.05) is 6.07 Å². The second-order valence-corrected chi connectivity index (χ2v) is 3.02. The Morgan fingerprint density at radius 1 is 1.19 bits per heavy atom. The summed E-state index contributed by atoms with van der Waals surface area (Å²) in [5.74, 6) is -0.318. The predicted octanol–water partition coefficient (Wildman–Crippen LogP) is 1.58. The highest BCUT2D eigenvalue weighted by molar-refractivity contribution is 5.88. The summed E-state index contributed by atoms with van der Waals surface area (Å²) < 4.78 is 0. The van der Waals surface area contributed by atoms with Crippen molar-refractivity contribution < 1.29 is 4.79 Å². The van der Waals surface area contributed by atoms with Gasteiger partial charge >= 0.3 is 0 Å². The highest BCUT2D eigenvalue weighted by Crippen LogP contribution is 2.14. The molecule has 0 saturated heterocycles. The molecule has 1 N–H and O–H groups in total. The Hall–Kier alpha value is -2.59. The summed E-state index contributed by atoms with van der Waals surface area (Å²) in [6, 6.07) is 12.3. The Morgan fingerprint density at radius 3 is 2.19 bits per heavy atom. The van der Waals surface area contributed by atoms with Gasteiger partial charge in [-0.25, -0.2) is 0 Å². The van der Waals surface area contributed by atoms with Gasteiger partial charge in [0.15, 0.2) is 5.57 Å². The molecular weight excluding hydrogens is 202 g/mol. The molecule has 1 rings (SSSR count). The van der Waals surface area contributed by atoms with E-state index in [4.69, 9.17) is 10.5 Å². The molecule has 78 valence electrons. The van der Waals surface area contributed by atoms with Gasteiger partial charge in [0, 0.05) is 12.5 Å². The van der Waals surface area contributed by atoms with Crippen molar-refractivity contribution in [3.8, 4) is 12.1 Å². The normalized spacial score (nSPS) is 8.44. The zero-order valence-corrected chi connectivity index (χ0v) is 8.69. The van der Waals surface area contributed by atoms with Crippen LogP contribution in [-0.2, 0) is 4.79 Å². The van der Waals surface area contributed by atoms with Crippen LogP contribution in [0.15, 0.2) is 35.9 Å². The molecule has 1 aromatic carbocycles. The van der Waals surface area contributed by atoms with Crippen molar-refractivity contribution in [1.82, 2.24) is 5.32 Å². The van der Waals surface area contributed by atoms with Gasteiger partial charge in [-0.05, 0) is 0 Å². The topological polar surface area (TPSA) is 76.7 Å². The highest BCUT2D eigenvalue weighted by Gasteiger charge is 2.09. The number of nitrogens with zero attached hydrogens (tertiary/aromatic N) is 2. The van der Waals surface area contributed by atoms with Crippen molar-refractivity contribution in [2.24, 2.45) is 0 Å². The van der Waals surface area contributed by atoms with E-state index in [1.54, 1.807) is 36.4 Å². The second kappa shape index (κ2) is 5.33. The van der Waals surface area contributed by atoms with Crippen LogP contribution in [0.5, 0.6) is 0 Å². The van der Waals surface area contributed by atoms with Gasteiger partial charge in [-0.3, -0.25) is 4.79 Å². The van der Waals surface area contributed by atoms with Crippen molar-refractivity contribution >= 4 is 11.6 Å². The summed E-state index contributed by atoms with van der Waals surface area (Å²) in [7, 11) is 0. The van der Waals surface area contributed by atoms with Gasteiger partial charge < -0.3 is 5.32 Å². The van der Waals surface area contributed by atoms with Crippen LogP contribution in [-0.4, -0.2) is 5.91 Å². The lowest BCUT2D eigenvalue weighted by Crippen LogP contribution is -2.19. The molecule has 0 aromatic heterocycles. The first-order chi connectivity index (χ1) is 7.69. The summed E-state index contributed by atoms with van der Waals surface area (Å²) in [5.41, 5.74) is 0.773. The average molecular weight is 211 g/mol. The maximum Gasteiger partial charge on any atom is 0.221 e. The maximum atomic E-state index is 11.0. The number of benzene rings is 1. The molecule has 1 amide bonds. The van der Waals surface area contributed by atoms with E-state index in [-0.39, 0.29) is 17.2 Å². The summed E-state index contributed by atoms with van der Waals surface area (Å²) >= 11 is 0. The van der Waals surface area contributed by atoms with Crippen molar-refractivity contribution in [3.63, 3.8) is 0 Å². The zero-order chi connectivity index (χ0) is 12.0. The molecule has 0 radical (unpaired) electrons. The minimum Gasteiger partial charge on any atom is -0.324 e. The lowest BCUT2D eigenvalue weighted by molar-refractivity contribution is -0.117. The third-order valence-corrected chi connectivity index (χ3v) is 1.84. The van der Waals surface area contributed by atoms with Crippen molar-refractivity contribution in [2.75, 3.05) is 0 Å².